The molecule has 0 bridgehead atoms. The fraction of sp³-hybridized carbons (Fsp3) is 0.333. The van der Waals surface area contributed by atoms with Gasteiger partial charge in [-0.05, 0) is 25.1 Å². The van der Waals surface area contributed by atoms with Crippen LogP contribution in [0, 0.1) is 5.92 Å². The Bertz CT molecular complexity index is 791. The van der Waals surface area contributed by atoms with Crippen molar-refractivity contribution in [1.82, 2.24) is 4.90 Å². The maximum absolute atomic E-state index is 13.0. The molecule has 2 amide bonds. The van der Waals surface area contributed by atoms with Gasteiger partial charge in [0.25, 0.3) is 0 Å². The Morgan fingerprint density at radius 3 is 2.50 bits per heavy atom. The van der Waals surface area contributed by atoms with E-state index < -0.39 is 0 Å². The average Bonchev–Trinajstić information content (AvgIpc) is 3.08. The minimum absolute atomic E-state index is 0.00658. The van der Waals surface area contributed by atoms with Gasteiger partial charge in [0.05, 0.1) is 19.1 Å². The third-order valence-corrected chi connectivity index (χ3v) is 5.06. The highest BCUT2D eigenvalue weighted by molar-refractivity contribution is 6.00. The number of benzene rings is 2. The number of carbonyl (C=O) groups is 2. The number of ether oxygens (including phenoxy) is 1. The van der Waals surface area contributed by atoms with Crippen molar-refractivity contribution in [2.24, 2.45) is 5.92 Å². The molecular weight excluding hydrogens is 328 g/mol. The maximum atomic E-state index is 13.0. The largest absolute Gasteiger partial charge is 0.496 e. The average molecular weight is 352 g/mol. The molecule has 1 saturated heterocycles. The molecule has 1 aliphatic heterocycles. The lowest BCUT2D eigenvalue weighted by atomic mass is 10.0. The molecule has 0 spiro atoms. The summed E-state index contributed by atoms with van der Waals surface area (Å²) in [5, 5.41) is 0. The van der Waals surface area contributed by atoms with Gasteiger partial charge in [0.15, 0.2) is 0 Å². The highest BCUT2D eigenvalue weighted by Crippen LogP contribution is 2.31. The smallest absolute Gasteiger partial charge is 0.228 e. The van der Waals surface area contributed by atoms with Crippen LogP contribution in [0.3, 0.4) is 0 Å². The molecule has 3 rings (SSSR count). The van der Waals surface area contributed by atoms with E-state index in [1.807, 2.05) is 61.5 Å². The van der Waals surface area contributed by atoms with Crippen LogP contribution in [0.5, 0.6) is 5.75 Å². The number of anilines is 1. The standard InChI is InChI=1S/C21H24N2O3/c1-15(18-11-7-8-12-19(18)26-3)22(2)21(25)16-13-20(24)23(14-16)17-9-5-4-6-10-17/h4-12,15-16H,13-14H2,1-3H3. The van der Waals surface area contributed by atoms with Crippen LogP contribution in [-0.4, -0.2) is 37.4 Å². The molecule has 2 atom stereocenters. The molecule has 136 valence electrons. The van der Waals surface area contributed by atoms with Crippen molar-refractivity contribution in [2.75, 3.05) is 25.6 Å². The van der Waals surface area contributed by atoms with E-state index in [2.05, 4.69) is 0 Å². The molecule has 2 aromatic rings. The van der Waals surface area contributed by atoms with E-state index in [0.717, 1.165) is 17.0 Å². The summed E-state index contributed by atoms with van der Waals surface area (Å²) in [6.45, 7) is 2.39. The summed E-state index contributed by atoms with van der Waals surface area (Å²) in [6, 6.07) is 17.0. The van der Waals surface area contributed by atoms with Crippen molar-refractivity contribution >= 4 is 17.5 Å². The number of amides is 2. The molecule has 1 fully saturated rings. The Balaban J connectivity index is 1.74. The number of hydrogen-bond acceptors (Lipinski definition) is 3. The van der Waals surface area contributed by atoms with E-state index in [-0.39, 0.29) is 30.2 Å². The molecule has 26 heavy (non-hydrogen) atoms. The highest BCUT2D eigenvalue weighted by atomic mass is 16.5. The van der Waals surface area contributed by atoms with E-state index >= 15 is 0 Å². The van der Waals surface area contributed by atoms with Crippen LogP contribution in [0.1, 0.15) is 24.9 Å². The van der Waals surface area contributed by atoms with Crippen LogP contribution >= 0.6 is 0 Å². The van der Waals surface area contributed by atoms with E-state index in [4.69, 9.17) is 4.74 Å². The minimum atomic E-state index is -0.329. The molecule has 0 radical (unpaired) electrons. The van der Waals surface area contributed by atoms with Crippen LogP contribution < -0.4 is 9.64 Å². The zero-order valence-electron chi connectivity index (χ0n) is 15.4. The molecule has 0 N–H and O–H groups in total. The first-order chi connectivity index (χ1) is 12.5. The van der Waals surface area contributed by atoms with Crippen molar-refractivity contribution in [3.05, 3.63) is 60.2 Å². The van der Waals surface area contributed by atoms with E-state index in [1.54, 1.807) is 24.0 Å². The second-order valence-corrected chi connectivity index (χ2v) is 6.61. The number of methoxy groups -OCH3 is 1. The Kier molecular flexibility index (Phi) is 5.26. The molecule has 0 aromatic heterocycles. The number of nitrogens with zero attached hydrogens (tertiary/aromatic N) is 2. The predicted octanol–water partition coefficient (Wildman–Crippen LogP) is 3.27. The molecule has 5 nitrogen and oxygen atoms in total. The van der Waals surface area contributed by atoms with Crippen molar-refractivity contribution in [2.45, 2.75) is 19.4 Å². The van der Waals surface area contributed by atoms with Gasteiger partial charge in [0.1, 0.15) is 5.75 Å². The summed E-state index contributed by atoms with van der Waals surface area (Å²) in [6.07, 6.45) is 0.247. The molecule has 1 heterocycles. The third-order valence-electron chi connectivity index (χ3n) is 5.06. The summed E-state index contributed by atoms with van der Waals surface area (Å²) in [4.78, 5) is 28.8. The zero-order chi connectivity index (χ0) is 18.7. The van der Waals surface area contributed by atoms with Gasteiger partial charge < -0.3 is 14.5 Å². The molecular formula is C21H24N2O3. The summed E-state index contributed by atoms with van der Waals surface area (Å²) >= 11 is 0. The first-order valence-corrected chi connectivity index (χ1v) is 8.78. The fourth-order valence-corrected chi connectivity index (χ4v) is 3.43. The molecule has 5 heteroatoms. The van der Waals surface area contributed by atoms with Gasteiger partial charge in [-0.1, -0.05) is 36.4 Å². The quantitative estimate of drug-likeness (QED) is 0.830. The van der Waals surface area contributed by atoms with Crippen molar-refractivity contribution in [3.63, 3.8) is 0 Å². The number of hydrogen-bond donors (Lipinski definition) is 0. The van der Waals surface area contributed by atoms with E-state index in [1.165, 1.54) is 0 Å². The maximum Gasteiger partial charge on any atom is 0.228 e. The van der Waals surface area contributed by atoms with Crippen LogP contribution in [0.4, 0.5) is 5.69 Å². The molecule has 0 aliphatic carbocycles. The van der Waals surface area contributed by atoms with Crippen LogP contribution in [0.2, 0.25) is 0 Å². The van der Waals surface area contributed by atoms with Gasteiger partial charge in [-0.3, -0.25) is 9.59 Å². The Morgan fingerprint density at radius 2 is 1.81 bits per heavy atom. The van der Waals surface area contributed by atoms with Crippen molar-refractivity contribution < 1.29 is 14.3 Å². The lowest BCUT2D eigenvalue weighted by Crippen LogP contribution is -2.36. The number of para-hydroxylation sites is 2. The summed E-state index contributed by atoms with van der Waals surface area (Å²) in [7, 11) is 3.41. The van der Waals surface area contributed by atoms with Gasteiger partial charge >= 0.3 is 0 Å². The summed E-state index contributed by atoms with van der Waals surface area (Å²) < 4.78 is 5.41. The number of rotatable bonds is 5. The zero-order valence-corrected chi connectivity index (χ0v) is 15.4. The topological polar surface area (TPSA) is 49.9 Å². The summed E-state index contributed by atoms with van der Waals surface area (Å²) in [5.74, 6) is 0.404. The number of carbonyl (C=O) groups excluding carboxylic acids is 2. The molecule has 2 aromatic carbocycles. The predicted molar refractivity (Wildman–Crippen MR) is 101 cm³/mol. The molecule has 2 unspecified atom stereocenters. The second-order valence-electron chi connectivity index (χ2n) is 6.61. The first-order valence-electron chi connectivity index (χ1n) is 8.78. The van der Waals surface area contributed by atoms with E-state index in [9.17, 15) is 9.59 Å². The highest BCUT2D eigenvalue weighted by Gasteiger charge is 2.37. The van der Waals surface area contributed by atoms with Gasteiger partial charge in [-0.15, -0.1) is 0 Å². The second kappa shape index (κ2) is 7.60. The molecule has 0 saturated carbocycles. The Morgan fingerprint density at radius 1 is 1.15 bits per heavy atom. The normalized spacial score (nSPS) is 17.9. The lowest BCUT2D eigenvalue weighted by Gasteiger charge is -2.28. The van der Waals surface area contributed by atoms with Crippen LogP contribution in [0.15, 0.2) is 54.6 Å². The van der Waals surface area contributed by atoms with Gasteiger partial charge in [0.2, 0.25) is 11.8 Å². The van der Waals surface area contributed by atoms with Crippen molar-refractivity contribution in [3.8, 4) is 5.75 Å². The minimum Gasteiger partial charge on any atom is -0.496 e. The van der Waals surface area contributed by atoms with Crippen LogP contribution in [-0.2, 0) is 9.59 Å². The van der Waals surface area contributed by atoms with Crippen LogP contribution in [0.25, 0.3) is 0 Å². The van der Waals surface area contributed by atoms with Crippen molar-refractivity contribution in [1.29, 1.82) is 0 Å². The SMILES string of the molecule is COc1ccccc1C(C)N(C)C(=O)C1CC(=O)N(c2ccccc2)C1. The lowest BCUT2D eigenvalue weighted by molar-refractivity contribution is -0.136. The van der Waals surface area contributed by atoms with Gasteiger partial charge in [-0.2, -0.15) is 0 Å². The van der Waals surface area contributed by atoms with Gasteiger partial charge in [0, 0.05) is 31.3 Å². The van der Waals surface area contributed by atoms with E-state index in [0.29, 0.717) is 6.54 Å². The molecule has 1 aliphatic rings. The third kappa shape index (κ3) is 3.43. The summed E-state index contributed by atoms with van der Waals surface area (Å²) in [5.41, 5.74) is 1.79. The Hall–Kier alpha value is -2.82. The Labute approximate surface area is 154 Å². The fourth-order valence-electron chi connectivity index (χ4n) is 3.43. The van der Waals surface area contributed by atoms with Gasteiger partial charge in [-0.25, -0.2) is 0 Å². The first kappa shape index (κ1) is 18.0. The monoisotopic (exact) mass is 352 g/mol.